The molecule has 10 rings (SSSR count). The molecule has 0 unspecified atom stereocenters. The summed E-state index contributed by atoms with van der Waals surface area (Å²) >= 11 is 6.21. The van der Waals surface area contributed by atoms with Gasteiger partial charge in [-0.25, -0.2) is 15.0 Å². The average Bonchev–Trinajstić information content (AvgIpc) is 3.74. The highest BCUT2D eigenvalue weighted by molar-refractivity contribution is 6.30. The van der Waals surface area contributed by atoms with Crippen LogP contribution in [0.25, 0.3) is 94.7 Å². The molecule has 0 saturated carbocycles. The van der Waals surface area contributed by atoms with Crippen LogP contribution in [0.4, 0.5) is 0 Å². The van der Waals surface area contributed by atoms with E-state index >= 15 is 0 Å². The molecule has 5 nitrogen and oxygen atoms in total. The predicted octanol–water partition coefficient (Wildman–Crippen LogP) is 12.2. The third-order valence-corrected chi connectivity index (χ3v) is 9.75. The van der Waals surface area contributed by atoms with Crippen molar-refractivity contribution in [3.05, 3.63) is 169 Å². The van der Waals surface area contributed by atoms with Crippen LogP contribution >= 0.6 is 11.6 Å². The Hall–Kier alpha value is -6.56. The highest BCUT2D eigenvalue weighted by Gasteiger charge is 2.19. The molecule has 0 fully saturated rings. The molecule has 0 radical (unpaired) electrons. The van der Waals surface area contributed by atoms with Crippen molar-refractivity contribution in [2.45, 2.75) is 0 Å². The molecule has 0 spiro atoms. The van der Waals surface area contributed by atoms with Crippen LogP contribution in [0.15, 0.2) is 168 Å². The van der Waals surface area contributed by atoms with Crippen LogP contribution in [0.1, 0.15) is 0 Å². The summed E-state index contributed by atoms with van der Waals surface area (Å²) in [7, 11) is 0. The quantitative estimate of drug-likeness (QED) is 0.182. The minimum Gasteiger partial charge on any atom is -0.456 e. The molecule has 0 bridgehead atoms. The average molecular weight is 675 g/mol. The van der Waals surface area contributed by atoms with Crippen LogP contribution in [0, 0.1) is 0 Å². The normalized spacial score (nSPS) is 11.6. The molecule has 0 N–H and O–H groups in total. The van der Waals surface area contributed by atoms with Crippen LogP contribution in [0.5, 0.6) is 0 Å². The highest BCUT2D eigenvalue weighted by Crippen LogP contribution is 2.41. The van der Waals surface area contributed by atoms with Crippen LogP contribution in [0.2, 0.25) is 5.02 Å². The molecular weight excluding hydrogens is 648 g/mol. The molecule has 0 aliphatic carbocycles. The monoisotopic (exact) mass is 674 g/mol. The van der Waals surface area contributed by atoms with E-state index in [0.717, 1.165) is 66.5 Å². The van der Waals surface area contributed by atoms with Crippen LogP contribution < -0.4 is 0 Å². The Morgan fingerprint density at radius 1 is 0.431 bits per heavy atom. The number of furan rings is 1. The minimum absolute atomic E-state index is 0.590. The molecule has 10 aromatic rings. The first-order valence-corrected chi connectivity index (χ1v) is 17.2. The van der Waals surface area contributed by atoms with Gasteiger partial charge in [-0.1, -0.05) is 109 Å². The first-order chi connectivity index (χ1) is 25.2. The van der Waals surface area contributed by atoms with Gasteiger partial charge in [0.2, 0.25) is 0 Å². The van der Waals surface area contributed by atoms with Crippen molar-refractivity contribution in [3.8, 4) is 51.0 Å². The predicted molar refractivity (Wildman–Crippen MR) is 208 cm³/mol. The van der Waals surface area contributed by atoms with Crippen molar-refractivity contribution in [2.24, 2.45) is 0 Å². The van der Waals surface area contributed by atoms with E-state index in [9.17, 15) is 0 Å². The standard InChI is InChI=1S/C45H27ClN4O/c46-33-22-20-29(21-23-33)44-47-43(28-10-2-1-3-11-28)48-45(49-44)32-14-8-12-30(26-32)31-13-9-15-34(27-31)50-38-18-6-4-16-35(38)36-24-25-40-41(42(36)50)37-17-5-7-19-39(37)51-40/h1-27H. The maximum absolute atomic E-state index is 6.34. The van der Waals surface area contributed by atoms with Crippen LogP contribution in [-0.2, 0) is 0 Å². The maximum atomic E-state index is 6.34. The molecular formula is C45H27ClN4O. The lowest BCUT2D eigenvalue weighted by atomic mass is 10.0. The van der Waals surface area contributed by atoms with Crippen molar-refractivity contribution in [1.82, 2.24) is 19.5 Å². The molecule has 6 heteroatoms. The highest BCUT2D eigenvalue weighted by atomic mass is 35.5. The van der Waals surface area contributed by atoms with Gasteiger partial charge in [0.1, 0.15) is 11.2 Å². The topological polar surface area (TPSA) is 56.7 Å². The summed E-state index contributed by atoms with van der Waals surface area (Å²) in [5.74, 6) is 1.80. The number of rotatable bonds is 5. The van der Waals surface area contributed by atoms with Crippen molar-refractivity contribution in [1.29, 1.82) is 0 Å². The number of benzene rings is 7. The number of hydrogen-bond donors (Lipinski definition) is 0. The lowest BCUT2D eigenvalue weighted by Crippen LogP contribution is -2.00. The minimum atomic E-state index is 0.590. The first-order valence-electron chi connectivity index (χ1n) is 16.8. The fourth-order valence-corrected chi connectivity index (χ4v) is 7.27. The van der Waals surface area contributed by atoms with E-state index in [4.69, 9.17) is 31.0 Å². The van der Waals surface area contributed by atoms with Gasteiger partial charge in [0.25, 0.3) is 0 Å². The largest absolute Gasteiger partial charge is 0.456 e. The molecule has 7 aromatic carbocycles. The SMILES string of the molecule is Clc1ccc(-c2nc(-c3ccccc3)nc(-c3cccc(-c4cccc(-n5c6ccccc6c6ccc7oc8ccccc8c7c65)c4)c3)n2)cc1. The summed E-state index contributed by atoms with van der Waals surface area (Å²) in [6, 6.07) is 55.9. The molecule has 0 aliphatic heterocycles. The molecule has 240 valence electrons. The number of aromatic nitrogens is 4. The van der Waals surface area contributed by atoms with Gasteiger partial charge >= 0.3 is 0 Å². The van der Waals surface area contributed by atoms with Gasteiger partial charge in [-0.2, -0.15) is 0 Å². The number of hydrogen-bond acceptors (Lipinski definition) is 4. The van der Waals surface area contributed by atoms with Gasteiger partial charge in [0.05, 0.1) is 16.4 Å². The Bertz CT molecular complexity index is 2930. The summed E-state index contributed by atoms with van der Waals surface area (Å²) < 4.78 is 8.71. The summed E-state index contributed by atoms with van der Waals surface area (Å²) in [6.45, 7) is 0. The molecule has 0 amide bonds. The Kier molecular flexibility index (Phi) is 6.79. The zero-order valence-corrected chi connectivity index (χ0v) is 27.9. The van der Waals surface area contributed by atoms with Crippen LogP contribution in [-0.4, -0.2) is 19.5 Å². The second-order valence-electron chi connectivity index (χ2n) is 12.6. The number of halogens is 1. The number of fused-ring (bicyclic) bond motifs is 7. The van der Waals surface area contributed by atoms with E-state index in [1.807, 2.05) is 66.7 Å². The second kappa shape index (κ2) is 11.8. The fraction of sp³-hybridized carbons (Fsp3) is 0. The smallest absolute Gasteiger partial charge is 0.164 e. The lowest BCUT2D eigenvalue weighted by molar-refractivity contribution is 0.669. The zero-order valence-electron chi connectivity index (χ0n) is 27.2. The van der Waals surface area contributed by atoms with Crippen molar-refractivity contribution in [3.63, 3.8) is 0 Å². The molecule has 3 heterocycles. The summed E-state index contributed by atoms with van der Waals surface area (Å²) in [6.07, 6.45) is 0. The van der Waals surface area contributed by atoms with E-state index in [1.165, 1.54) is 10.8 Å². The third-order valence-electron chi connectivity index (χ3n) is 9.50. The molecule has 3 aromatic heterocycles. The zero-order chi connectivity index (χ0) is 33.9. The number of nitrogens with zero attached hydrogens (tertiary/aromatic N) is 4. The Labute approximate surface area is 298 Å². The third kappa shape index (κ3) is 4.98. The van der Waals surface area contributed by atoms with Crippen molar-refractivity contribution in [2.75, 3.05) is 0 Å². The first kappa shape index (κ1) is 29.4. The van der Waals surface area contributed by atoms with E-state index < -0.39 is 0 Å². The Morgan fingerprint density at radius 3 is 1.84 bits per heavy atom. The second-order valence-corrected chi connectivity index (χ2v) is 13.0. The van der Waals surface area contributed by atoms with Gasteiger partial charge in [0.15, 0.2) is 17.5 Å². The Balaban J connectivity index is 1.14. The van der Waals surface area contributed by atoms with Gasteiger partial charge < -0.3 is 8.98 Å². The van der Waals surface area contributed by atoms with Gasteiger partial charge in [-0.15, -0.1) is 0 Å². The Morgan fingerprint density at radius 2 is 1.04 bits per heavy atom. The molecule has 0 aliphatic rings. The van der Waals surface area contributed by atoms with E-state index in [-0.39, 0.29) is 0 Å². The fourth-order valence-electron chi connectivity index (χ4n) is 7.15. The maximum Gasteiger partial charge on any atom is 0.164 e. The van der Waals surface area contributed by atoms with E-state index in [0.29, 0.717) is 22.5 Å². The van der Waals surface area contributed by atoms with Crippen molar-refractivity contribution >= 4 is 55.3 Å². The molecule has 0 saturated heterocycles. The van der Waals surface area contributed by atoms with Crippen molar-refractivity contribution < 1.29 is 4.42 Å². The van der Waals surface area contributed by atoms with Gasteiger partial charge in [-0.3, -0.25) is 0 Å². The van der Waals surface area contributed by atoms with E-state index in [1.54, 1.807) is 0 Å². The van der Waals surface area contributed by atoms with Gasteiger partial charge in [-0.05, 0) is 77.9 Å². The van der Waals surface area contributed by atoms with E-state index in [2.05, 4.69) is 102 Å². The summed E-state index contributed by atoms with van der Waals surface area (Å²) in [5, 5.41) is 5.28. The lowest BCUT2D eigenvalue weighted by Gasteiger charge is -2.12. The molecule has 51 heavy (non-hydrogen) atoms. The summed E-state index contributed by atoms with van der Waals surface area (Å²) in [5.41, 5.74) is 9.94. The van der Waals surface area contributed by atoms with Crippen LogP contribution in [0.3, 0.4) is 0 Å². The van der Waals surface area contributed by atoms with Gasteiger partial charge in [0, 0.05) is 43.6 Å². The summed E-state index contributed by atoms with van der Waals surface area (Å²) in [4.78, 5) is 14.8. The number of para-hydroxylation sites is 2. The molecule has 0 atom stereocenters.